The first-order chi connectivity index (χ1) is 11.6. The summed E-state index contributed by atoms with van der Waals surface area (Å²) >= 11 is 5.29. The number of fused-ring (bicyclic) bond motifs is 1. The van der Waals surface area contributed by atoms with Crippen molar-refractivity contribution in [3.05, 3.63) is 60.8 Å². The van der Waals surface area contributed by atoms with Crippen LogP contribution in [0.3, 0.4) is 0 Å². The van der Waals surface area contributed by atoms with Gasteiger partial charge in [-0.1, -0.05) is 12.1 Å². The third kappa shape index (κ3) is 4.26. The van der Waals surface area contributed by atoms with Gasteiger partial charge in [0.1, 0.15) is 5.82 Å². The first-order valence-corrected chi connectivity index (χ1v) is 9.56. The van der Waals surface area contributed by atoms with E-state index in [0.29, 0.717) is 0 Å². The minimum atomic E-state index is 0.0451. The standard InChI is InChI=1S/C18H20BrN3OS/c1-12-9-17(19)24-16(12)11-20-7-4-8-21-18-10-15(23)13-5-2-3-6-14(13)22-18/h2-3,5-6,9-10,20H,4,7-8,11H2,1H3,(H2,21,22,23). The van der Waals surface area contributed by atoms with E-state index in [-0.39, 0.29) is 5.43 Å². The maximum atomic E-state index is 12.1. The summed E-state index contributed by atoms with van der Waals surface area (Å²) in [6.45, 7) is 4.78. The van der Waals surface area contributed by atoms with E-state index >= 15 is 0 Å². The molecular weight excluding hydrogens is 386 g/mol. The molecule has 4 nitrogen and oxygen atoms in total. The zero-order valence-corrected chi connectivity index (χ0v) is 15.9. The topological polar surface area (TPSA) is 56.9 Å². The quantitative estimate of drug-likeness (QED) is 0.514. The van der Waals surface area contributed by atoms with Crippen LogP contribution in [-0.2, 0) is 6.54 Å². The Balaban J connectivity index is 1.45. The lowest BCUT2D eigenvalue weighted by Gasteiger charge is -2.08. The van der Waals surface area contributed by atoms with Crippen LogP contribution in [0.5, 0.6) is 0 Å². The average molecular weight is 406 g/mol. The number of nitrogens with one attached hydrogen (secondary N) is 3. The van der Waals surface area contributed by atoms with Crippen LogP contribution in [0, 0.1) is 6.92 Å². The zero-order chi connectivity index (χ0) is 16.9. The average Bonchev–Trinajstić information content (AvgIpc) is 2.88. The number of hydrogen-bond acceptors (Lipinski definition) is 4. The highest BCUT2D eigenvalue weighted by Gasteiger charge is 2.03. The van der Waals surface area contributed by atoms with Crippen LogP contribution >= 0.6 is 27.3 Å². The van der Waals surface area contributed by atoms with Crippen molar-refractivity contribution >= 4 is 44.0 Å². The monoisotopic (exact) mass is 405 g/mol. The predicted molar refractivity (Wildman–Crippen MR) is 106 cm³/mol. The van der Waals surface area contributed by atoms with Crippen molar-refractivity contribution < 1.29 is 0 Å². The molecule has 0 amide bonds. The van der Waals surface area contributed by atoms with Crippen LogP contribution in [0.15, 0.2) is 45.0 Å². The number of benzene rings is 1. The highest BCUT2D eigenvalue weighted by atomic mass is 79.9. The third-order valence-corrected chi connectivity index (χ3v) is 5.60. The Hall–Kier alpha value is -1.63. The summed E-state index contributed by atoms with van der Waals surface area (Å²) in [5, 5.41) is 7.48. The Morgan fingerprint density at radius 3 is 2.83 bits per heavy atom. The van der Waals surface area contributed by atoms with Gasteiger partial charge in [0, 0.05) is 29.4 Å². The van der Waals surface area contributed by atoms with E-state index in [0.717, 1.165) is 42.8 Å². The molecular formula is C18H20BrN3OS. The Bertz CT molecular complexity index is 887. The molecule has 2 aromatic heterocycles. The van der Waals surface area contributed by atoms with Gasteiger partial charge in [0.05, 0.1) is 9.30 Å². The maximum Gasteiger partial charge on any atom is 0.191 e. The number of thiophene rings is 1. The largest absolute Gasteiger partial charge is 0.371 e. The normalized spacial score (nSPS) is 11.1. The number of hydrogen-bond donors (Lipinski definition) is 3. The van der Waals surface area contributed by atoms with Gasteiger partial charge in [-0.3, -0.25) is 4.79 Å². The van der Waals surface area contributed by atoms with Gasteiger partial charge >= 0.3 is 0 Å². The van der Waals surface area contributed by atoms with Crippen LogP contribution in [-0.4, -0.2) is 18.1 Å². The summed E-state index contributed by atoms with van der Waals surface area (Å²) < 4.78 is 1.18. The number of aromatic nitrogens is 1. The summed E-state index contributed by atoms with van der Waals surface area (Å²) in [5.41, 5.74) is 2.24. The van der Waals surface area contributed by atoms with E-state index in [1.807, 2.05) is 24.3 Å². The smallest absolute Gasteiger partial charge is 0.191 e. The third-order valence-electron chi connectivity index (χ3n) is 3.86. The van der Waals surface area contributed by atoms with Crippen LogP contribution < -0.4 is 16.1 Å². The van der Waals surface area contributed by atoms with E-state index in [4.69, 9.17) is 0 Å². The van der Waals surface area contributed by atoms with Gasteiger partial charge in [0.25, 0.3) is 0 Å². The van der Waals surface area contributed by atoms with E-state index < -0.39 is 0 Å². The molecule has 0 aliphatic rings. The fourth-order valence-corrected chi connectivity index (χ4v) is 4.38. The Kier molecular flexibility index (Phi) is 5.71. The predicted octanol–water partition coefficient (Wildman–Crippen LogP) is 4.25. The lowest BCUT2D eigenvalue weighted by atomic mass is 10.2. The molecule has 0 bridgehead atoms. The van der Waals surface area contributed by atoms with Crippen molar-refractivity contribution in [2.24, 2.45) is 0 Å². The molecule has 3 N–H and O–H groups in total. The first-order valence-electron chi connectivity index (χ1n) is 7.95. The van der Waals surface area contributed by atoms with Crippen molar-refractivity contribution in [3.63, 3.8) is 0 Å². The fraction of sp³-hybridized carbons (Fsp3) is 0.278. The molecule has 3 rings (SSSR count). The highest BCUT2D eigenvalue weighted by molar-refractivity contribution is 9.11. The van der Waals surface area contributed by atoms with Gasteiger partial charge < -0.3 is 15.6 Å². The minimum absolute atomic E-state index is 0.0451. The van der Waals surface area contributed by atoms with Crippen LogP contribution in [0.2, 0.25) is 0 Å². The van der Waals surface area contributed by atoms with Crippen LogP contribution in [0.1, 0.15) is 16.9 Å². The minimum Gasteiger partial charge on any atom is -0.371 e. The highest BCUT2D eigenvalue weighted by Crippen LogP contribution is 2.26. The second-order valence-corrected chi connectivity index (χ2v) is 8.22. The number of para-hydroxylation sites is 1. The van der Waals surface area contributed by atoms with Crippen LogP contribution in [0.4, 0.5) is 5.82 Å². The second kappa shape index (κ2) is 7.96. The molecule has 0 aliphatic heterocycles. The number of aromatic amines is 1. The molecule has 0 saturated carbocycles. The molecule has 0 radical (unpaired) electrons. The van der Waals surface area contributed by atoms with Crippen LogP contribution in [0.25, 0.3) is 10.9 Å². The van der Waals surface area contributed by atoms with Crippen molar-refractivity contribution in [2.45, 2.75) is 19.9 Å². The molecule has 24 heavy (non-hydrogen) atoms. The molecule has 6 heteroatoms. The first kappa shape index (κ1) is 17.2. The van der Waals surface area contributed by atoms with Crippen molar-refractivity contribution in [2.75, 3.05) is 18.4 Å². The summed E-state index contributed by atoms with van der Waals surface area (Å²) in [5.74, 6) is 0.775. The van der Waals surface area contributed by atoms with E-state index in [1.54, 1.807) is 17.4 Å². The molecule has 0 fully saturated rings. The SMILES string of the molecule is Cc1cc(Br)sc1CNCCCNc1cc(=O)c2ccccc2[nH]1. The lowest BCUT2D eigenvalue weighted by molar-refractivity contribution is 0.667. The molecule has 2 heterocycles. The molecule has 0 atom stereocenters. The number of rotatable bonds is 7. The summed E-state index contributed by atoms with van der Waals surface area (Å²) in [4.78, 5) is 16.7. The number of halogens is 1. The van der Waals surface area contributed by atoms with Gasteiger partial charge in [-0.25, -0.2) is 0 Å². The van der Waals surface area contributed by atoms with Gasteiger partial charge in [-0.2, -0.15) is 0 Å². The molecule has 0 saturated heterocycles. The Morgan fingerprint density at radius 1 is 1.21 bits per heavy atom. The van der Waals surface area contributed by atoms with Gasteiger partial charge in [-0.15, -0.1) is 11.3 Å². The van der Waals surface area contributed by atoms with Gasteiger partial charge in [0.15, 0.2) is 5.43 Å². The van der Waals surface area contributed by atoms with E-state index in [2.05, 4.69) is 44.5 Å². The van der Waals surface area contributed by atoms with Gasteiger partial charge in [-0.05, 0) is 59.6 Å². The Labute approximate surface area is 153 Å². The molecule has 1 aromatic carbocycles. The van der Waals surface area contributed by atoms with Gasteiger partial charge in [0.2, 0.25) is 0 Å². The molecule has 0 unspecified atom stereocenters. The summed E-state index contributed by atoms with van der Waals surface area (Å²) in [6.07, 6.45) is 0.987. The molecule has 0 spiro atoms. The fourth-order valence-electron chi connectivity index (χ4n) is 2.58. The molecule has 0 aliphatic carbocycles. The summed E-state index contributed by atoms with van der Waals surface area (Å²) in [7, 11) is 0. The van der Waals surface area contributed by atoms with E-state index in [1.165, 1.54) is 14.2 Å². The van der Waals surface area contributed by atoms with E-state index in [9.17, 15) is 4.79 Å². The van der Waals surface area contributed by atoms with Crippen molar-refractivity contribution in [3.8, 4) is 0 Å². The lowest BCUT2D eigenvalue weighted by Crippen LogP contribution is -2.18. The zero-order valence-electron chi connectivity index (χ0n) is 13.5. The Morgan fingerprint density at radius 2 is 2.04 bits per heavy atom. The second-order valence-electron chi connectivity index (χ2n) is 5.71. The number of pyridine rings is 1. The number of aryl methyl sites for hydroxylation is 1. The van der Waals surface area contributed by atoms with Crippen molar-refractivity contribution in [1.29, 1.82) is 0 Å². The number of anilines is 1. The summed E-state index contributed by atoms with van der Waals surface area (Å²) in [6, 6.07) is 11.3. The molecule has 126 valence electrons. The number of H-pyrrole nitrogens is 1. The van der Waals surface area contributed by atoms with Crippen molar-refractivity contribution in [1.82, 2.24) is 10.3 Å². The molecule has 3 aromatic rings. The maximum absolute atomic E-state index is 12.1.